The van der Waals surface area contributed by atoms with Crippen molar-refractivity contribution < 1.29 is 8.81 Å². The quantitative estimate of drug-likeness (QED) is 0.711. The zero-order chi connectivity index (χ0) is 13.4. The number of hydrogen-bond donors (Lipinski definition) is 1. The lowest BCUT2D eigenvalue weighted by Crippen LogP contribution is -2.15. The van der Waals surface area contributed by atoms with Gasteiger partial charge in [-0.05, 0) is 23.8 Å². The number of nitrogens with two attached hydrogens (primary N) is 1. The van der Waals surface area contributed by atoms with Gasteiger partial charge >= 0.3 is 5.76 Å². The fourth-order valence-corrected chi connectivity index (χ4v) is 1.96. The van der Waals surface area contributed by atoms with Crippen molar-refractivity contribution >= 4 is 16.8 Å². The molecule has 1 aromatic carbocycles. The Hall–Kier alpha value is -2.63. The molecule has 96 valence electrons. The molecular weight excluding hydrogens is 249 g/mol. The van der Waals surface area contributed by atoms with E-state index in [1.54, 1.807) is 18.2 Å². The zero-order valence-corrected chi connectivity index (χ0v) is 9.84. The Morgan fingerprint density at radius 3 is 2.95 bits per heavy atom. The molecule has 0 fully saturated rings. The molecule has 19 heavy (non-hydrogen) atoms. The molecular formula is C13H10FN3O2. The fraction of sp³-hybridized carbons (Fsp3) is 0.0769. The first-order chi connectivity index (χ1) is 9.13. The highest BCUT2D eigenvalue weighted by Gasteiger charge is 2.10. The molecule has 0 unspecified atom stereocenters. The van der Waals surface area contributed by atoms with Crippen molar-refractivity contribution in [2.24, 2.45) is 0 Å². The summed E-state index contributed by atoms with van der Waals surface area (Å²) >= 11 is 0. The van der Waals surface area contributed by atoms with Crippen molar-refractivity contribution in [3.63, 3.8) is 0 Å². The Morgan fingerprint density at radius 2 is 2.16 bits per heavy atom. The summed E-state index contributed by atoms with van der Waals surface area (Å²) in [4.78, 5) is 15.5. The minimum atomic E-state index is -0.509. The number of benzene rings is 1. The zero-order valence-electron chi connectivity index (χ0n) is 9.84. The van der Waals surface area contributed by atoms with Gasteiger partial charge in [0.2, 0.25) is 0 Å². The van der Waals surface area contributed by atoms with Gasteiger partial charge in [0.1, 0.15) is 5.82 Å². The molecule has 0 saturated carbocycles. The van der Waals surface area contributed by atoms with Gasteiger partial charge in [-0.25, -0.2) is 9.18 Å². The lowest BCUT2D eigenvalue weighted by Gasteiger charge is -2.02. The number of nitrogen functional groups attached to an aromatic ring is 1. The lowest BCUT2D eigenvalue weighted by molar-refractivity contribution is 0.516. The van der Waals surface area contributed by atoms with Crippen LogP contribution in [0.1, 0.15) is 5.56 Å². The van der Waals surface area contributed by atoms with E-state index in [0.29, 0.717) is 22.4 Å². The van der Waals surface area contributed by atoms with E-state index in [1.807, 2.05) is 0 Å². The van der Waals surface area contributed by atoms with Crippen molar-refractivity contribution in [2.45, 2.75) is 6.54 Å². The standard InChI is InChI=1S/C13H10FN3O2/c14-9-3-8(5-16-6-9)7-17-11-2-1-10(15)4-12(11)19-13(17)18/h1-6H,7,15H2. The number of fused-ring (bicyclic) bond motifs is 1. The summed E-state index contributed by atoms with van der Waals surface area (Å²) in [5.41, 5.74) is 7.75. The maximum Gasteiger partial charge on any atom is 0.420 e. The molecule has 5 nitrogen and oxygen atoms in total. The lowest BCUT2D eigenvalue weighted by atomic mass is 10.2. The van der Waals surface area contributed by atoms with Gasteiger partial charge in [0, 0.05) is 18.0 Å². The van der Waals surface area contributed by atoms with Crippen LogP contribution in [0.2, 0.25) is 0 Å². The van der Waals surface area contributed by atoms with Gasteiger partial charge in [0.25, 0.3) is 0 Å². The van der Waals surface area contributed by atoms with E-state index >= 15 is 0 Å². The second kappa shape index (κ2) is 4.24. The van der Waals surface area contributed by atoms with E-state index in [1.165, 1.54) is 16.8 Å². The highest BCUT2D eigenvalue weighted by Crippen LogP contribution is 2.17. The normalized spacial score (nSPS) is 11.0. The van der Waals surface area contributed by atoms with Crippen molar-refractivity contribution in [1.82, 2.24) is 9.55 Å². The van der Waals surface area contributed by atoms with Crippen molar-refractivity contribution in [2.75, 3.05) is 5.73 Å². The average Bonchev–Trinajstić information content (AvgIpc) is 2.65. The van der Waals surface area contributed by atoms with Gasteiger partial charge in [-0.2, -0.15) is 0 Å². The predicted molar refractivity (Wildman–Crippen MR) is 68.2 cm³/mol. The maximum absolute atomic E-state index is 13.1. The van der Waals surface area contributed by atoms with Crippen LogP contribution < -0.4 is 11.5 Å². The molecule has 2 N–H and O–H groups in total. The van der Waals surface area contributed by atoms with Crippen LogP contribution in [0.15, 0.2) is 45.9 Å². The average molecular weight is 259 g/mol. The first-order valence-corrected chi connectivity index (χ1v) is 5.62. The van der Waals surface area contributed by atoms with Gasteiger partial charge in [0.15, 0.2) is 5.58 Å². The topological polar surface area (TPSA) is 74.0 Å². The number of pyridine rings is 1. The largest absolute Gasteiger partial charge is 0.420 e. The third kappa shape index (κ3) is 2.08. The summed E-state index contributed by atoms with van der Waals surface area (Å²) in [5.74, 6) is -0.951. The molecule has 3 aromatic rings. The van der Waals surface area contributed by atoms with Crippen molar-refractivity contribution in [3.8, 4) is 0 Å². The van der Waals surface area contributed by atoms with Gasteiger partial charge < -0.3 is 10.2 Å². The van der Waals surface area contributed by atoms with Crippen LogP contribution in [0.25, 0.3) is 11.1 Å². The molecule has 0 saturated heterocycles. The van der Waals surface area contributed by atoms with E-state index in [-0.39, 0.29) is 6.54 Å². The summed E-state index contributed by atoms with van der Waals surface area (Å²) in [5, 5.41) is 0. The van der Waals surface area contributed by atoms with Crippen molar-refractivity contribution in [1.29, 1.82) is 0 Å². The summed E-state index contributed by atoms with van der Waals surface area (Å²) in [6.45, 7) is 0.195. The van der Waals surface area contributed by atoms with Crippen LogP contribution in [0.4, 0.5) is 10.1 Å². The maximum atomic E-state index is 13.1. The van der Waals surface area contributed by atoms with E-state index in [0.717, 1.165) is 6.20 Å². The Balaban J connectivity index is 2.10. The Bertz CT molecular complexity index is 807. The number of halogens is 1. The first kappa shape index (κ1) is 11.5. The van der Waals surface area contributed by atoms with Crippen LogP contribution in [0.3, 0.4) is 0 Å². The van der Waals surface area contributed by atoms with Crippen LogP contribution in [-0.2, 0) is 6.54 Å². The minimum Gasteiger partial charge on any atom is -0.408 e. The summed E-state index contributed by atoms with van der Waals surface area (Å²) in [7, 11) is 0. The number of rotatable bonds is 2. The van der Waals surface area contributed by atoms with Gasteiger partial charge in [-0.3, -0.25) is 9.55 Å². The smallest absolute Gasteiger partial charge is 0.408 e. The molecule has 0 spiro atoms. The molecule has 0 aliphatic heterocycles. The molecule has 2 aromatic heterocycles. The number of aromatic nitrogens is 2. The molecule has 0 aliphatic rings. The monoisotopic (exact) mass is 259 g/mol. The molecule has 0 aliphatic carbocycles. The second-order valence-corrected chi connectivity index (χ2v) is 4.19. The van der Waals surface area contributed by atoms with Gasteiger partial charge in [0.05, 0.1) is 18.3 Å². The van der Waals surface area contributed by atoms with Crippen LogP contribution in [0, 0.1) is 5.82 Å². The van der Waals surface area contributed by atoms with Gasteiger partial charge in [-0.15, -0.1) is 0 Å². The highest BCUT2D eigenvalue weighted by atomic mass is 19.1. The van der Waals surface area contributed by atoms with E-state index in [9.17, 15) is 9.18 Å². The van der Waals surface area contributed by atoms with Crippen LogP contribution in [-0.4, -0.2) is 9.55 Å². The van der Waals surface area contributed by atoms with Crippen LogP contribution >= 0.6 is 0 Å². The first-order valence-electron chi connectivity index (χ1n) is 5.62. The fourth-order valence-electron chi connectivity index (χ4n) is 1.96. The van der Waals surface area contributed by atoms with E-state index in [4.69, 9.17) is 10.2 Å². The number of oxazole rings is 1. The van der Waals surface area contributed by atoms with E-state index < -0.39 is 11.6 Å². The highest BCUT2D eigenvalue weighted by molar-refractivity contribution is 5.76. The Labute approximate surface area is 107 Å². The molecule has 0 bridgehead atoms. The molecule has 2 heterocycles. The van der Waals surface area contributed by atoms with Gasteiger partial charge in [-0.1, -0.05) is 0 Å². The molecule has 0 amide bonds. The Morgan fingerprint density at radius 1 is 1.32 bits per heavy atom. The summed E-state index contributed by atoms with van der Waals surface area (Å²) in [6.07, 6.45) is 2.62. The molecule has 6 heteroatoms. The third-order valence-electron chi connectivity index (χ3n) is 2.79. The number of hydrogen-bond acceptors (Lipinski definition) is 4. The third-order valence-corrected chi connectivity index (χ3v) is 2.79. The summed E-state index contributed by atoms with van der Waals surface area (Å²) < 4.78 is 19.6. The predicted octanol–water partition coefficient (Wildman–Crippen LogP) is 1.76. The minimum absolute atomic E-state index is 0.195. The van der Waals surface area contributed by atoms with Crippen LogP contribution in [0.5, 0.6) is 0 Å². The SMILES string of the molecule is Nc1ccc2c(c1)oc(=O)n2Cc1cncc(F)c1. The van der Waals surface area contributed by atoms with Crippen molar-refractivity contribution in [3.05, 3.63) is 58.6 Å². The second-order valence-electron chi connectivity index (χ2n) is 4.19. The van der Waals surface area contributed by atoms with E-state index in [2.05, 4.69) is 4.98 Å². The number of anilines is 1. The molecule has 0 radical (unpaired) electrons. The Kier molecular flexibility index (Phi) is 2.56. The summed E-state index contributed by atoms with van der Waals surface area (Å²) in [6, 6.07) is 6.28. The number of nitrogens with zero attached hydrogens (tertiary/aromatic N) is 2. The molecule has 0 atom stereocenters. The molecule has 3 rings (SSSR count).